The quantitative estimate of drug-likeness (QED) is 0.509. The van der Waals surface area contributed by atoms with Crippen molar-refractivity contribution < 1.29 is 22.7 Å². The number of hydrogen-bond acceptors (Lipinski definition) is 7. The zero-order valence-corrected chi connectivity index (χ0v) is 20.9. The Morgan fingerprint density at radius 3 is 2.83 bits per heavy atom. The van der Waals surface area contributed by atoms with Crippen LogP contribution in [0.5, 0.6) is 5.19 Å². The number of ether oxygens (including phenoxy) is 1. The van der Waals surface area contributed by atoms with Gasteiger partial charge in [0.2, 0.25) is 0 Å². The van der Waals surface area contributed by atoms with Crippen molar-refractivity contribution in [2.24, 2.45) is 13.0 Å². The van der Waals surface area contributed by atoms with E-state index >= 15 is 0 Å². The summed E-state index contributed by atoms with van der Waals surface area (Å²) in [4.78, 5) is 20.5. The fourth-order valence-corrected chi connectivity index (χ4v) is 5.79. The fourth-order valence-electron chi connectivity index (χ4n) is 4.89. The van der Waals surface area contributed by atoms with Gasteiger partial charge < -0.3 is 4.74 Å². The molecule has 1 N–H and O–H groups in total. The van der Waals surface area contributed by atoms with E-state index in [2.05, 4.69) is 20.4 Å². The van der Waals surface area contributed by atoms with Crippen molar-refractivity contribution in [3.8, 4) is 5.19 Å². The van der Waals surface area contributed by atoms with Crippen LogP contribution in [0.1, 0.15) is 40.2 Å². The van der Waals surface area contributed by atoms with E-state index in [4.69, 9.17) is 4.74 Å². The molecule has 5 rings (SSSR count). The molecule has 2 aliphatic rings. The highest BCUT2D eigenvalue weighted by Gasteiger charge is 2.30. The lowest BCUT2D eigenvalue weighted by molar-refractivity contribution is -0.153. The van der Waals surface area contributed by atoms with Crippen molar-refractivity contribution >= 4 is 28.1 Å². The van der Waals surface area contributed by atoms with Gasteiger partial charge in [-0.15, -0.1) is 0 Å². The molecular formula is C24H29F3N6O2S. The Balaban J connectivity index is 1.06. The summed E-state index contributed by atoms with van der Waals surface area (Å²) in [6, 6.07) is 5.57. The third-order valence-electron chi connectivity index (χ3n) is 6.78. The van der Waals surface area contributed by atoms with Gasteiger partial charge in [-0.05, 0) is 50.3 Å². The number of aryl methyl sites for hydroxylation is 1. The minimum absolute atomic E-state index is 0.105. The summed E-state index contributed by atoms with van der Waals surface area (Å²) in [5.41, 5.74) is 5.32. The van der Waals surface area contributed by atoms with Crippen LogP contribution in [-0.2, 0) is 20.0 Å². The van der Waals surface area contributed by atoms with Gasteiger partial charge in [-0.2, -0.15) is 18.3 Å². The summed E-state index contributed by atoms with van der Waals surface area (Å²) < 4.78 is 43.7. The molecule has 0 radical (unpaired) electrons. The third-order valence-corrected chi connectivity index (χ3v) is 7.85. The lowest BCUT2D eigenvalue weighted by atomic mass is 9.94. The average Bonchev–Trinajstić information content (AvgIpc) is 3.43. The van der Waals surface area contributed by atoms with Crippen LogP contribution in [0.25, 0.3) is 10.9 Å². The predicted molar refractivity (Wildman–Crippen MR) is 130 cm³/mol. The Kier molecular flexibility index (Phi) is 7.18. The number of nitrogens with zero attached hydrogens (tertiary/aromatic N) is 5. The van der Waals surface area contributed by atoms with Crippen LogP contribution in [0.3, 0.4) is 0 Å². The molecule has 1 fully saturated rings. The highest BCUT2D eigenvalue weighted by Crippen LogP contribution is 2.31. The number of aromatic nitrogens is 3. The molecule has 0 atom stereocenters. The minimum Gasteiger partial charge on any atom is -0.460 e. The van der Waals surface area contributed by atoms with Gasteiger partial charge in [-0.1, -0.05) is 17.4 Å². The Morgan fingerprint density at radius 1 is 1.25 bits per heavy atom. The van der Waals surface area contributed by atoms with Crippen molar-refractivity contribution in [2.45, 2.75) is 38.4 Å². The van der Waals surface area contributed by atoms with E-state index in [0.717, 1.165) is 73.3 Å². The average molecular weight is 523 g/mol. The van der Waals surface area contributed by atoms with Crippen molar-refractivity contribution in [3.05, 3.63) is 40.5 Å². The standard InChI is InChI=1S/C24H29F3N6O2S/c1-31-13-18-17(3-2-4-19(18)29-31)22(34)30-33-11-6-16(7-12-33)5-9-32-10-8-21-20(14-32)28-23(36-21)35-15-24(25,26)27/h2-4,13,16H,5-12,14-15H2,1H3,(H,30,34). The molecule has 0 bridgehead atoms. The maximum Gasteiger partial charge on any atom is 0.422 e. The number of carbonyl (C=O) groups excluding carboxylic acids is 1. The molecule has 0 saturated carbocycles. The number of hydrogen-bond donors (Lipinski definition) is 1. The number of halogens is 3. The predicted octanol–water partition coefficient (Wildman–Crippen LogP) is 3.78. The molecule has 0 unspecified atom stereocenters. The molecule has 1 saturated heterocycles. The van der Waals surface area contributed by atoms with Crippen LogP contribution in [0, 0.1) is 5.92 Å². The highest BCUT2D eigenvalue weighted by molar-refractivity contribution is 7.13. The molecule has 3 aromatic rings. The second-order valence-electron chi connectivity index (χ2n) is 9.48. The van der Waals surface area contributed by atoms with Crippen LogP contribution in [0.4, 0.5) is 13.2 Å². The van der Waals surface area contributed by atoms with Crippen LogP contribution < -0.4 is 10.2 Å². The Bertz CT molecular complexity index is 1220. The van der Waals surface area contributed by atoms with E-state index in [-0.39, 0.29) is 11.1 Å². The molecule has 8 nitrogen and oxygen atoms in total. The van der Waals surface area contributed by atoms with Gasteiger partial charge in [-0.25, -0.2) is 9.99 Å². The summed E-state index contributed by atoms with van der Waals surface area (Å²) in [5, 5.41) is 7.32. The Morgan fingerprint density at radius 2 is 2.06 bits per heavy atom. The molecule has 12 heteroatoms. The van der Waals surface area contributed by atoms with Gasteiger partial charge in [0.1, 0.15) is 0 Å². The number of rotatable bonds is 7. The first-order valence-electron chi connectivity index (χ1n) is 12.1. The second-order valence-corrected chi connectivity index (χ2v) is 10.5. The van der Waals surface area contributed by atoms with Gasteiger partial charge in [-0.3, -0.25) is 19.8 Å². The first kappa shape index (κ1) is 25.0. The zero-order valence-electron chi connectivity index (χ0n) is 20.1. The minimum atomic E-state index is -4.36. The molecule has 2 aliphatic heterocycles. The number of piperidine rings is 1. The van der Waals surface area contributed by atoms with Gasteiger partial charge in [0.15, 0.2) is 6.61 Å². The highest BCUT2D eigenvalue weighted by atomic mass is 32.1. The SMILES string of the molecule is Cn1cc2c(C(=O)NN3CCC(CCN4CCc5sc(OCC(F)(F)F)nc5C4)CC3)cccc2n1. The van der Waals surface area contributed by atoms with E-state index in [1.807, 2.05) is 36.5 Å². The van der Waals surface area contributed by atoms with E-state index in [1.165, 1.54) is 11.3 Å². The Labute approximate surface area is 211 Å². The molecule has 36 heavy (non-hydrogen) atoms. The van der Waals surface area contributed by atoms with Gasteiger partial charge in [0, 0.05) is 49.7 Å². The van der Waals surface area contributed by atoms with E-state index in [1.54, 1.807) is 4.68 Å². The number of alkyl halides is 3. The lowest BCUT2D eigenvalue weighted by Crippen LogP contribution is -2.47. The largest absolute Gasteiger partial charge is 0.460 e. The fraction of sp³-hybridized carbons (Fsp3) is 0.542. The summed E-state index contributed by atoms with van der Waals surface area (Å²) in [6.07, 6.45) is 1.35. The molecular weight excluding hydrogens is 493 g/mol. The first-order chi connectivity index (χ1) is 17.2. The normalized spacial score (nSPS) is 17.9. The van der Waals surface area contributed by atoms with E-state index in [0.29, 0.717) is 18.0 Å². The van der Waals surface area contributed by atoms with Crippen molar-refractivity contribution in [3.63, 3.8) is 0 Å². The Hall–Kier alpha value is -2.70. The number of thiazole rings is 1. The maximum absolute atomic E-state index is 12.9. The lowest BCUT2D eigenvalue weighted by Gasteiger charge is -2.33. The third kappa shape index (κ3) is 5.98. The number of nitrogens with one attached hydrogen (secondary N) is 1. The van der Waals surface area contributed by atoms with Crippen LogP contribution in [0.2, 0.25) is 0 Å². The number of carbonyl (C=O) groups is 1. The van der Waals surface area contributed by atoms with Crippen molar-refractivity contribution in [1.29, 1.82) is 0 Å². The van der Waals surface area contributed by atoms with Crippen LogP contribution in [0.15, 0.2) is 24.4 Å². The van der Waals surface area contributed by atoms with Gasteiger partial charge in [0.25, 0.3) is 11.1 Å². The smallest absolute Gasteiger partial charge is 0.422 e. The monoisotopic (exact) mass is 522 g/mol. The number of benzene rings is 1. The van der Waals surface area contributed by atoms with Gasteiger partial charge in [0.05, 0.1) is 16.8 Å². The summed E-state index contributed by atoms with van der Waals surface area (Å²) in [7, 11) is 1.84. The van der Waals surface area contributed by atoms with Crippen LogP contribution in [-0.4, -0.2) is 69.5 Å². The van der Waals surface area contributed by atoms with Crippen molar-refractivity contribution in [2.75, 3.05) is 32.8 Å². The number of hydrazine groups is 1. The molecule has 0 spiro atoms. The summed E-state index contributed by atoms with van der Waals surface area (Å²) in [5.74, 6) is 0.459. The topological polar surface area (TPSA) is 75.5 Å². The maximum atomic E-state index is 12.9. The molecule has 4 heterocycles. The first-order valence-corrected chi connectivity index (χ1v) is 12.9. The molecule has 0 aliphatic carbocycles. The number of fused-ring (bicyclic) bond motifs is 2. The molecule has 1 amide bonds. The molecule has 1 aromatic carbocycles. The second kappa shape index (κ2) is 10.3. The number of amides is 1. The van der Waals surface area contributed by atoms with E-state index < -0.39 is 12.8 Å². The summed E-state index contributed by atoms with van der Waals surface area (Å²) >= 11 is 1.22. The molecule has 194 valence electrons. The van der Waals surface area contributed by atoms with E-state index in [9.17, 15) is 18.0 Å². The zero-order chi connectivity index (χ0) is 25.3. The van der Waals surface area contributed by atoms with Crippen molar-refractivity contribution in [1.82, 2.24) is 30.1 Å². The van der Waals surface area contributed by atoms with Gasteiger partial charge >= 0.3 is 6.18 Å². The summed E-state index contributed by atoms with van der Waals surface area (Å²) in [6.45, 7) is 2.75. The molecule has 2 aromatic heterocycles. The van der Waals surface area contributed by atoms with Crippen LogP contribution >= 0.6 is 11.3 Å².